The number of aromatic nitrogens is 2. The van der Waals surface area contributed by atoms with Crippen LogP contribution in [0.2, 0.25) is 0 Å². The standard InChI is InChI=1S/C17H24N2O2S/c1-4-12-22-17-18-15-9-6-5-8-14(15)16(20)19(17)10-7-11-21-13(2)3/h5-6,8-9,13H,4,7,10-12H2,1-3H3. The second kappa shape index (κ2) is 8.34. The number of nitrogens with zero attached hydrogens (tertiary/aromatic N) is 2. The fourth-order valence-electron chi connectivity index (χ4n) is 2.19. The number of benzene rings is 1. The molecular weight excluding hydrogens is 296 g/mol. The second-order valence-corrected chi connectivity index (χ2v) is 6.55. The molecule has 0 amide bonds. The first-order chi connectivity index (χ1) is 10.6. The van der Waals surface area contributed by atoms with Gasteiger partial charge in [-0.3, -0.25) is 9.36 Å². The maximum Gasteiger partial charge on any atom is 0.262 e. The molecule has 0 atom stereocenters. The van der Waals surface area contributed by atoms with Crippen LogP contribution in [-0.2, 0) is 11.3 Å². The summed E-state index contributed by atoms with van der Waals surface area (Å²) in [7, 11) is 0. The number of ether oxygens (including phenoxy) is 1. The lowest BCUT2D eigenvalue weighted by atomic mass is 10.2. The summed E-state index contributed by atoms with van der Waals surface area (Å²) in [6, 6.07) is 7.55. The molecule has 2 aromatic rings. The molecule has 1 aromatic heterocycles. The van der Waals surface area contributed by atoms with Gasteiger partial charge in [0.1, 0.15) is 0 Å². The van der Waals surface area contributed by atoms with Crippen molar-refractivity contribution in [2.24, 2.45) is 0 Å². The normalized spacial score (nSPS) is 11.5. The van der Waals surface area contributed by atoms with Gasteiger partial charge in [0.05, 0.1) is 17.0 Å². The topological polar surface area (TPSA) is 44.1 Å². The van der Waals surface area contributed by atoms with Gasteiger partial charge in [-0.05, 0) is 38.8 Å². The third-order valence-electron chi connectivity index (χ3n) is 3.24. The van der Waals surface area contributed by atoms with Crippen molar-refractivity contribution in [1.29, 1.82) is 0 Å². The van der Waals surface area contributed by atoms with E-state index < -0.39 is 0 Å². The summed E-state index contributed by atoms with van der Waals surface area (Å²) in [4.78, 5) is 17.4. The van der Waals surface area contributed by atoms with Gasteiger partial charge >= 0.3 is 0 Å². The van der Waals surface area contributed by atoms with Crippen LogP contribution in [0.5, 0.6) is 0 Å². The van der Waals surface area contributed by atoms with Gasteiger partial charge in [0.25, 0.3) is 5.56 Å². The van der Waals surface area contributed by atoms with Crippen LogP contribution < -0.4 is 5.56 Å². The Bertz CT molecular complexity index is 667. The lowest BCUT2D eigenvalue weighted by Gasteiger charge is -2.13. The fourth-order valence-corrected chi connectivity index (χ4v) is 3.07. The molecule has 0 spiro atoms. The Kier molecular flexibility index (Phi) is 6.46. The molecule has 0 bridgehead atoms. The summed E-state index contributed by atoms with van der Waals surface area (Å²) < 4.78 is 7.37. The predicted molar refractivity (Wildman–Crippen MR) is 92.7 cm³/mol. The van der Waals surface area contributed by atoms with E-state index in [0.717, 1.165) is 29.3 Å². The lowest BCUT2D eigenvalue weighted by molar-refractivity contribution is 0.0743. The molecule has 0 aliphatic heterocycles. The summed E-state index contributed by atoms with van der Waals surface area (Å²) in [5.74, 6) is 0.966. The van der Waals surface area contributed by atoms with Crippen molar-refractivity contribution in [1.82, 2.24) is 9.55 Å². The van der Waals surface area contributed by atoms with Crippen molar-refractivity contribution >= 4 is 22.7 Å². The molecule has 0 radical (unpaired) electrons. The van der Waals surface area contributed by atoms with Crippen molar-refractivity contribution in [2.45, 2.75) is 51.4 Å². The van der Waals surface area contributed by atoms with Crippen LogP contribution in [0.1, 0.15) is 33.6 Å². The maximum atomic E-state index is 12.7. The molecule has 0 fully saturated rings. The second-order valence-electron chi connectivity index (χ2n) is 5.49. The van der Waals surface area contributed by atoms with E-state index in [2.05, 4.69) is 11.9 Å². The Morgan fingerprint density at radius 3 is 2.82 bits per heavy atom. The van der Waals surface area contributed by atoms with E-state index in [4.69, 9.17) is 4.74 Å². The number of hydrogen-bond donors (Lipinski definition) is 0. The van der Waals surface area contributed by atoms with E-state index in [1.54, 1.807) is 16.3 Å². The predicted octanol–water partition coefficient (Wildman–Crippen LogP) is 3.71. The van der Waals surface area contributed by atoms with Crippen LogP contribution in [0.25, 0.3) is 10.9 Å². The average molecular weight is 320 g/mol. The van der Waals surface area contributed by atoms with Gasteiger partial charge in [-0.25, -0.2) is 4.98 Å². The highest BCUT2D eigenvalue weighted by Gasteiger charge is 2.11. The van der Waals surface area contributed by atoms with Crippen LogP contribution in [0.4, 0.5) is 0 Å². The van der Waals surface area contributed by atoms with Crippen LogP contribution in [0.15, 0.2) is 34.2 Å². The van der Waals surface area contributed by atoms with Crippen molar-refractivity contribution < 1.29 is 4.74 Å². The first-order valence-corrected chi connectivity index (χ1v) is 8.86. The zero-order chi connectivity index (χ0) is 15.9. The quantitative estimate of drug-likeness (QED) is 0.422. The van der Waals surface area contributed by atoms with Gasteiger partial charge in [-0.1, -0.05) is 30.8 Å². The third-order valence-corrected chi connectivity index (χ3v) is 4.42. The molecule has 22 heavy (non-hydrogen) atoms. The van der Waals surface area contributed by atoms with E-state index in [-0.39, 0.29) is 11.7 Å². The minimum atomic E-state index is 0.0498. The third kappa shape index (κ3) is 4.34. The molecule has 2 rings (SSSR count). The fraction of sp³-hybridized carbons (Fsp3) is 0.529. The van der Waals surface area contributed by atoms with Crippen molar-refractivity contribution in [3.63, 3.8) is 0 Å². The van der Waals surface area contributed by atoms with Gasteiger partial charge < -0.3 is 4.74 Å². The Hall–Kier alpha value is -1.33. The van der Waals surface area contributed by atoms with Crippen molar-refractivity contribution in [3.8, 4) is 0 Å². The first-order valence-electron chi connectivity index (χ1n) is 7.87. The summed E-state index contributed by atoms with van der Waals surface area (Å²) in [5, 5.41) is 1.50. The first kappa shape index (κ1) is 17.0. The van der Waals surface area contributed by atoms with Crippen molar-refractivity contribution in [3.05, 3.63) is 34.6 Å². The molecule has 1 aromatic carbocycles. The molecular formula is C17H24N2O2S. The highest BCUT2D eigenvalue weighted by atomic mass is 32.2. The number of fused-ring (bicyclic) bond motifs is 1. The Morgan fingerprint density at radius 1 is 1.32 bits per heavy atom. The summed E-state index contributed by atoms with van der Waals surface area (Å²) in [5.41, 5.74) is 0.828. The molecule has 0 saturated heterocycles. The van der Waals surface area contributed by atoms with E-state index >= 15 is 0 Å². The molecule has 0 aliphatic rings. The largest absolute Gasteiger partial charge is 0.379 e. The van der Waals surface area contributed by atoms with Crippen LogP contribution in [0, 0.1) is 0 Å². The number of rotatable bonds is 8. The van der Waals surface area contributed by atoms with Crippen LogP contribution in [-0.4, -0.2) is 28.0 Å². The molecule has 120 valence electrons. The zero-order valence-electron chi connectivity index (χ0n) is 13.5. The summed E-state index contributed by atoms with van der Waals surface area (Å²) >= 11 is 1.65. The molecule has 0 unspecified atom stereocenters. The van der Waals surface area contributed by atoms with Gasteiger partial charge in [0, 0.05) is 18.9 Å². The van der Waals surface area contributed by atoms with Gasteiger partial charge in [-0.2, -0.15) is 0 Å². The lowest BCUT2D eigenvalue weighted by Crippen LogP contribution is -2.24. The van der Waals surface area contributed by atoms with Crippen molar-refractivity contribution in [2.75, 3.05) is 12.4 Å². The minimum Gasteiger partial charge on any atom is -0.379 e. The smallest absolute Gasteiger partial charge is 0.262 e. The molecule has 4 nitrogen and oxygen atoms in total. The van der Waals surface area contributed by atoms with E-state index in [0.29, 0.717) is 18.5 Å². The van der Waals surface area contributed by atoms with Crippen LogP contribution >= 0.6 is 11.8 Å². The highest BCUT2D eigenvalue weighted by molar-refractivity contribution is 7.99. The van der Waals surface area contributed by atoms with Gasteiger partial charge in [0.2, 0.25) is 0 Å². The molecule has 1 heterocycles. The highest BCUT2D eigenvalue weighted by Crippen LogP contribution is 2.18. The molecule has 5 heteroatoms. The van der Waals surface area contributed by atoms with Gasteiger partial charge in [0.15, 0.2) is 5.16 Å². The Morgan fingerprint density at radius 2 is 2.09 bits per heavy atom. The number of thioether (sulfide) groups is 1. The van der Waals surface area contributed by atoms with E-state index in [1.165, 1.54) is 0 Å². The molecule has 0 aliphatic carbocycles. The summed E-state index contributed by atoms with van der Waals surface area (Å²) in [6.07, 6.45) is 2.10. The van der Waals surface area contributed by atoms with E-state index in [9.17, 15) is 4.79 Å². The van der Waals surface area contributed by atoms with E-state index in [1.807, 2.05) is 38.1 Å². The summed E-state index contributed by atoms with van der Waals surface area (Å²) in [6.45, 7) is 7.48. The zero-order valence-corrected chi connectivity index (χ0v) is 14.4. The number of para-hydroxylation sites is 1. The maximum absolute atomic E-state index is 12.7. The Labute approximate surface area is 135 Å². The number of hydrogen-bond acceptors (Lipinski definition) is 4. The molecule has 0 N–H and O–H groups in total. The monoisotopic (exact) mass is 320 g/mol. The molecule has 0 saturated carbocycles. The Balaban J connectivity index is 2.27. The minimum absolute atomic E-state index is 0.0498. The average Bonchev–Trinajstić information content (AvgIpc) is 2.51. The van der Waals surface area contributed by atoms with Crippen LogP contribution in [0.3, 0.4) is 0 Å². The van der Waals surface area contributed by atoms with Gasteiger partial charge in [-0.15, -0.1) is 0 Å². The SMILES string of the molecule is CCCSc1nc2ccccc2c(=O)n1CCCOC(C)C.